The number of rotatable bonds is 7. The lowest BCUT2D eigenvalue weighted by atomic mass is 9.95. The lowest BCUT2D eigenvalue weighted by molar-refractivity contribution is -0.143. The second-order valence-corrected chi connectivity index (χ2v) is 6.44. The van der Waals surface area contributed by atoms with Crippen molar-refractivity contribution in [1.82, 2.24) is 10.6 Å². The highest BCUT2D eigenvalue weighted by atomic mass is 32.1. The van der Waals surface area contributed by atoms with Crippen molar-refractivity contribution in [3.8, 4) is 11.5 Å². The Hall–Kier alpha value is -2.54. The summed E-state index contributed by atoms with van der Waals surface area (Å²) < 4.78 is 16.4. The Kier molecular flexibility index (Phi) is 6.63. The molecule has 7 heteroatoms. The van der Waals surface area contributed by atoms with E-state index in [2.05, 4.69) is 17.2 Å². The first-order valence-electron chi connectivity index (χ1n) is 8.28. The van der Waals surface area contributed by atoms with Gasteiger partial charge in [-0.25, -0.2) is 4.79 Å². The van der Waals surface area contributed by atoms with E-state index in [4.69, 9.17) is 26.4 Å². The van der Waals surface area contributed by atoms with Gasteiger partial charge in [-0.2, -0.15) is 0 Å². The summed E-state index contributed by atoms with van der Waals surface area (Å²) in [5.41, 5.74) is 1.95. The van der Waals surface area contributed by atoms with E-state index in [-0.39, 0.29) is 6.10 Å². The molecule has 0 aromatic heterocycles. The molecule has 0 saturated heterocycles. The van der Waals surface area contributed by atoms with Gasteiger partial charge in [0.2, 0.25) is 0 Å². The number of nitrogens with one attached hydrogen (secondary N) is 2. The molecule has 0 spiro atoms. The number of carbonyl (C=O) groups is 1. The smallest absolute Gasteiger partial charge is 0.338 e. The monoisotopic (exact) mass is 376 g/mol. The summed E-state index contributed by atoms with van der Waals surface area (Å²) in [7, 11) is 1.56. The largest absolute Gasteiger partial charge is 0.493 e. The Morgan fingerprint density at radius 1 is 1.38 bits per heavy atom. The van der Waals surface area contributed by atoms with Gasteiger partial charge in [0.15, 0.2) is 16.6 Å². The van der Waals surface area contributed by atoms with E-state index >= 15 is 0 Å². The summed E-state index contributed by atoms with van der Waals surface area (Å²) in [6.07, 6.45) is 1.44. The molecule has 1 heterocycles. The molecule has 2 N–H and O–H groups in total. The van der Waals surface area contributed by atoms with Crippen molar-refractivity contribution in [3.63, 3.8) is 0 Å². The van der Waals surface area contributed by atoms with Crippen LogP contribution in [0, 0.1) is 0 Å². The van der Waals surface area contributed by atoms with Gasteiger partial charge in [-0.05, 0) is 50.7 Å². The Balaban J connectivity index is 2.42. The Morgan fingerprint density at radius 2 is 2.12 bits per heavy atom. The molecule has 2 rings (SSSR count). The fourth-order valence-electron chi connectivity index (χ4n) is 2.62. The fourth-order valence-corrected chi connectivity index (χ4v) is 2.89. The van der Waals surface area contributed by atoms with E-state index in [1.54, 1.807) is 26.2 Å². The first-order chi connectivity index (χ1) is 12.4. The Morgan fingerprint density at radius 3 is 2.73 bits per heavy atom. The molecule has 140 valence electrons. The third-order valence-corrected chi connectivity index (χ3v) is 3.93. The van der Waals surface area contributed by atoms with Crippen LogP contribution < -0.4 is 20.1 Å². The minimum atomic E-state index is -0.447. The molecule has 1 aliphatic rings. The molecular weight excluding hydrogens is 352 g/mol. The maximum atomic E-state index is 12.6. The summed E-state index contributed by atoms with van der Waals surface area (Å²) >= 11 is 5.26. The normalized spacial score (nSPS) is 16.7. The summed E-state index contributed by atoms with van der Waals surface area (Å²) in [6, 6.07) is 5.03. The van der Waals surface area contributed by atoms with Crippen molar-refractivity contribution >= 4 is 23.3 Å². The zero-order valence-corrected chi connectivity index (χ0v) is 16.2. The first-order valence-corrected chi connectivity index (χ1v) is 8.69. The quantitative estimate of drug-likeness (QED) is 0.431. The second-order valence-electron chi connectivity index (χ2n) is 6.03. The number of ether oxygens (including phenoxy) is 3. The van der Waals surface area contributed by atoms with Gasteiger partial charge in [-0.15, -0.1) is 0 Å². The van der Waals surface area contributed by atoms with Gasteiger partial charge in [0.25, 0.3) is 0 Å². The number of esters is 1. The minimum Gasteiger partial charge on any atom is -0.493 e. The van der Waals surface area contributed by atoms with Crippen LogP contribution >= 0.6 is 12.2 Å². The van der Waals surface area contributed by atoms with E-state index in [1.807, 2.05) is 26.0 Å². The second kappa shape index (κ2) is 8.71. The van der Waals surface area contributed by atoms with Crippen molar-refractivity contribution in [1.29, 1.82) is 0 Å². The third-order valence-electron chi connectivity index (χ3n) is 3.71. The van der Waals surface area contributed by atoms with Gasteiger partial charge >= 0.3 is 5.97 Å². The summed E-state index contributed by atoms with van der Waals surface area (Å²) in [5.74, 6) is 0.764. The van der Waals surface area contributed by atoms with Crippen LogP contribution in [0.5, 0.6) is 11.5 Å². The van der Waals surface area contributed by atoms with Gasteiger partial charge < -0.3 is 24.8 Å². The molecular formula is C19H24N2O4S. The lowest BCUT2D eigenvalue weighted by Gasteiger charge is -2.30. The third kappa shape index (κ3) is 4.54. The molecule has 1 aromatic carbocycles. The van der Waals surface area contributed by atoms with E-state index in [0.717, 1.165) is 5.56 Å². The van der Waals surface area contributed by atoms with Crippen molar-refractivity contribution in [2.75, 3.05) is 13.7 Å². The molecule has 6 nitrogen and oxygen atoms in total. The van der Waals surface area contributed by atoms with Crippen LogP contribution in [0.3, 0.4) is 0 Å². The van der Waals surface area contributed by atoms with Crippen LogP contribution in [0.1, 0.15) is 32.4 Å². The molecule has 0 aliphatic carbocycles. The molecule has 1 aliphatic heterocycles. The van der Waals surface area contributed by atoms with Crippen LogP contribution in [0.4, 0.5) is 0 Å². The predicted octanol–water partition coefficient (Wildman–Crippen LogP) is 3.00. The fraction of sp³-hybridized carbons (Fsp3) is 0.368. The standard InChI is InChI=1S/C19H24N2O4S/c1-6-9-24-14-8-7-13(10-15(14)23-5)17-16(18(22)25-11(2)3)12(4)20-19(26)21-17/h6-8,10-11,17H,1,9H2,2-5H3,(H2,20,21,26). The van der Waals surface area contributed by atoms with Gasteiger partial charge in [0, 0.05) is 5.70 Å². The number of benzene rings is 1. The zero-order valence-electron chi connectivity index (χ0n) is 15.4. The van der Waals surface area contributed by atoms with Gasteiger partial charge in [0.05, 0.1) is 24.8 Å². The maximum Gasteiger partial charge on any atom is 0.338 e. The predicted molar refractivity (Wildman–Crippen MR) is 104 cm³/mol. The highest BCUT2D eigenvalue weighted by Gasteiger charge is 2.32. The Bertz CT molecular complexity index is 743. The number of hydrogen-bond acceptors (Lipinski definition) is 5. The number of methoxy groups -OCH3 is 1. The summed E-state index contributed by atoms with van der Waals surface area (Å²) in [4.78, 5) is 12.6. The highest BCUT2D eigenvalue weighted by Crippen LogP contribution is 2.34. The van der Waals surface area contributed by atoms with Gasteiger partial charge in [-0.3, -0.25) is 0 Å². The maximum absolute atomic E-state index is 12.6. The van der Waals surface area contributed by atoms with Crippen LogP contribution in [-0.2, 0) is 9.53 Å². The number of thiocarbonyl (C=S) groups is 1. The van der Waals surface area contributed by atoms with Crippen LogP contribution in [0.2, 0.25) is 0 Å². The van der Waals surface area contributed by atoms with Crippen LogP contribution in [0.25, 0.3) is 0 Å². The van der Waals surface area contributed by atoms with Crippen molar-refractivity contribution in [2.45, 2.75) is 32.9 Å². The molecule has 1 unspecified atom stereocenters. The van der Waals surface area contributed by atoms with E-state index in [0.29, 0.717) is 34.5 Å². The molecule has 1 aromatic rings. The summed E-state index contributed by atoms with van der Waals surface area (Å²) in [6.45, 7) is 9.43. The average molecular weight is 376 g/mol. The Labute approximate surface area is 159 Å². The first kappa shape index (κ1) is 19.8. The molecule has 0 bridgehead atoms. The van der Waals surface area contributed by atoms with E-state index in [9.17, 15) is 4.79 Å². The SMILES string of the molecule is C=CCOc1ccc(C2NC(=S)NC(C)=C2C(=O)OC(C)C)cc1OC. The molecule has 0 fully saturated rings. The number of carbonyl (C=O) groups excluding carboxylic acids is 1. The van der Waals surface area contributed by atoms with E-state index in [1.165, 1.54) is 0 Å². The minimum absolute atomic E-state index is 0.221. The molecule has 0 saturated carbocycles. The van der Waals surface area contributed by atoms with Crippen molar-refractivity contribution in [2.24, 2.45) is 0 Å². The molecule has 0 amide bonds. The van der Waals surface area contributed by atoms with E-state index < -0.39 is 12.0 Å². The van der Waals surface area contributed by atoms with Crippen molar-refractivity contribution in [3.05, 3.63) is 47.7 Å². The van der Waals surface area contributed by atoms with Gasteiger partial charge in [-0.1, -0.05) is 18.7 Å². The highest BCUT2D eigenvalue weighted by molar-refractivity contribution is 7.80. The zero-order chi connectivity index (χ0) is 19.3. The molecule has 1 atom stereocenters. The van der Waals surface area contributed by atoms with Crippen LogP contribution in [0.15, 0.2) is 42.1 Å². The molecule has 26 heavy (non-hydrogen) atoms. The lowest BCUT2D eigenvalue weighted by Crippen LogP contribution is -2.45. The average Bonchev–Trinajstić information content (AvgIpc) is 2.58. The summed E-state index contributed by atoms with van der Waals surface area (Å²) in [5, 5.41) is 6.56. The van der Waals surface area contributed by atoms with Crippen molar-refractivity contribution < 1.29 is 19.0 Å². The molecule has 0 radical (unpaired) electrons. The topological polar surface area (TPSA) is 68.8 Å². The van der Waals surface area contributed by atoms with Gasteiger partial charge in [0.1, 0.15) is 6.61 Å². The van der Waals surface area contributed by atoms with Crippen LogP contribution in [-0.4, -0.2) is 30.9 Å². The number of allylic oxidation sites excluding steroid dienone is 1. The number of hydrogen-bond donors (Lipinski definition) is 2.